The monoisotopic (exact) mass is 335 g/mol. The highest BCUT2D eigenvalue weighted by Crippen LogP contribution is 2.31. The average Bonchev–Trinajstić information content (AvgIpc) is 2.67. The van der Waals surface area contributed by atoms with Gasteiger partial charge >= 0.3 is 0 Å². The highest BCUT2D eigenvalue weighted by molar-refractivity contribution is 5.67. The molecule has 0 amide bonds. The summed E-state index contributed by atoms with van der Waals surface area (Å²) in [6, 6.07) is 16.5. The topological polar surface area (TPSA) is 63.4 Å². The Morgan fingerprint density at radius 2 is 1.80 bits per heavy atom. The highest BCUT2D eigenvalue weighted by atomic mass is 16.6. The van der Waals surface area contributed by atoms with Gasteiger partial charge in [-0.3, -0.25) is 10.1 Å². The van der Waals surface area contributed by atoms with E-state index < -0.39 is 11.0 Å². The van der Waals surface area contributed by atoms with Crippen LogP contribution in [-0.4, -0.2) is 10.0 Å². The molecule has 2 aromatic carbocycles. The molecular weight excluding hydrogens is 314 g/mol. The summed E-state index contributed by atoms with van der Waals surface area (Å²) in [5.41, 5.74) is 4.75. The molecule has 0 bridgehead atoms. The zero-order chi connectivity index (χ0) is 17.6. The van der Waals surface area contributed by atoms with Gasteiger partial charge in [-0.2, -0.15) is 0 Å². The molecule has 1 atom stereocenters. The van der Waals surface area contributed by atoms with Crippen molar-refractivity contribution in [3.63, 3.8) is 0 Å². The third kappa shape index (κ3) is 4.43. The maximum Gasteiger partial charge on any atom is 0.269 e. The Hall–Kier alpha value is -2.72. The second-order valence-electron chi connectivity index (χ2n) is 6.26. The van der Waals surface area contributed by atoms with Crippen molar-refractivity contribution in [1.29, 1.82) is 0 Å². The Bertz CT molecular complexity index is 792. The minimum atomic E-state index is -0.632. The minimum absolute atomic E-state index is 0.0418. The number of nitrogens with zero attached hydrogens (tertiary/aromatic N) is 1. The summed E-state index contributed by atoms with van der Waals surface area (Å²) >= 11 is 0. The number of benzene rings is 2. The third-order valence-corrected chi connectivity index (χ3v) is 4.59. The number of hydrogen-bond acceptors (Lipinski definition) is 3. The van der Waals surface area contributed by atoms with Crippen LogP contribution in [0.4, 0.5) is 5.69 Å². The van der Waals surface area contributed by atoms with E-state index in [4.69, 9.17) is 0 Å². The molecule has 25 heavy (non-hydrogen) atoms. The number of aliphatic hydroxyl groups is 1. The van der Waals surface area contributed by atoms with Crippen molar-refractivity contribution in [1.82, 2.24) is 0 Å². The standard InChI is InChI=1S/C21H21NO3/c23-21(19-11-13-20(14-12-19)22(24)25)15-8-16-6-9-18(10-7-16)17-4-2-1-3-5-17/h1-5,8-9,11-14,21,23H,6-7,10,15H2/b16-8+. The second kappa shape index (κ2) is 7.90. The molecule has 0 aromatic heterocycles. The first-order valence-corrected chi connectivity index (χ1v) is 8.48. The quantitative estimate of drug-likeness (QED) is 0.463. The number of aliphatic hydroxyl groups excluding tert-OH is 1. The molecule has 3 rings (SSSR count). The normalized spacial score (nSPS) is 17.2. The molecule has 4 heteroatoms. The van der Waals surface area contributed by atoms with E-state index in [9.17, 15) is 15.2 Å². The van der Waals surface area contributed by atoms with Crippen LogP contribution in [0.1, 0.15) is 42.9 Å². The van der Waals surface area contributed by atoms with E-state index in [1.54, 1.807) is 12.1 Å². The zero-order valence-electron chi connectivity index (χ0n) is 14.0. The average molecular weight is 335 g/mol. The van der Waals surface area contributed by atoms with Gasteiger partial charge in [0.15, 0.2) is 0 Å². The molecule has 0 aliphatic heterocycles. The second-order valence-corrected chi connectivity index (χ2v) is 6.26. The molecule has 0 spiro atoms. The number of non-ortho nitro benzene ring substituents is 1. The summed E-state index contributed by atoms with van der Waals surface area (Å²) in [7, 11) is 0. The van der Waals surface area contributed by atoms with Gasteiger partial charge in [0.05, 0.1) is 11.0 Å². The molecule has 0 saturated heterocycles. The van der Waals surface area contributed by atoms with Crippen molar-refractivity contribution in [2.75, 3.05) is 0 Å². The summed E-state index contributed by atoms with van der Waals surface area (Å²) in [6.45, 7) is 0. The molecule has 4 nitrogen and oxygen atoms in total. The summed E-state index contributed by atoms with van der Waals surface area (Å²) in [6.07, 6.45) is 7.20. The first-order chi connectivity index (χ1) is 12.1. The van der Waals surface area contributed by atoms with E-state index in [-0.39, 0.29) is 5.69 Å². The predicted octanol–water partition coefficient (Wildman–Crippen LogP) is 5.21. The van der Waals surface area contributed by atoms with Crippen LogP contribution < -0.4 is 0 Å². The van der Waals surface area contributed by atoms with E-state index in [0.29, 0.717) is 12.0 Å². The Labute approximate surface area is 147 Å². The fourth-order valence-electron chi connectivity index (χ4n) is 3.09. The molecule has 1 unspecified atom stereocenters. The summed E-state index contributed by atoms with van der Waals surface area (Å²) in [5.74, 6) is 0. The Kier molecular flexibility index (Phi) is 5.41. The van der Waals surface area contributed by atoms with E-state index >= 15 is 0 Å². The smallest absolute Gasteiger partial charge is 0.269 e. The molecule has 0 heterocycles. The van der Waals surface area contributed by atoms with Crippen LogP contribution in [0.5, 0.6) is 0 Å². The fraction of sp³-hybridized carbons (Fsp3) is 0.238. The lowest BCUT2D eigenvalue weighted by atomic mass is 9.89. The van der Waals surface area contributed by atoms with Gasteiger partial charge in [-0.1, -0.05) is 48.1 Å². The van der Waals surface area contributed by atoms with Crippen molar-refractivity contribution in [2.45, 2.75) is 31.8 Å². The number of hydrogen-bond donors (Lipinski definition) is 1. The Balaban J connectivity index is 1.59. The fourth-order valence-corrected chi connectivity index (χ4v) is 3.09. The summed E-state index contributed by atoms with van der Waals surface area (Å²) in [5, 5.41) is 21.0. The summed E-state index contributed by atoms with van der Waals surface area (Å²) < 4.78 is 0. The van der Waals surface area contributed by atoms with Gasteiger partial charge in [0.25, 0.3) is 5.69 Å². The Morgan fingerprint density at radius 1 is 1.08 bits per heavy atom. The molecule has 1 aliphatic carbocycles. The van der Waals surface area contributed by atoms with Crippen molar-refractivity contribution < 1.29 is 10.0 Å². The molecule has 0 saturated carbocycles. The molecule has 128 valence electrons. The molecule has 0 radical (unpaired) electrons. The third-order valence-electron chi connectivity index (χ3n) is 4.59. The first kappa shape index (κ1) is 17.1. The van der Waals surface area contributed by atoms with E-state index in [0.717, 1.165) is 19.3 Å². The van der Waals surface area contributed by atoms with Crippen LogP contribution in [-0.2, 0) is 0 Å². The van der Waals surface area contributed by atoms with Gasteiger partial charge in [-0.05, 0) is 54.5 Å². The van der Waals surface area contributed by atoms with Crippen molar-refractivity contribution >= 4 is 11.3 Å². The van der Waals surface area contributed by atoms with Gasteiger partial charge in [0, 0.05) is 12.1 Å². The Morgan fingerprint density at radius 3 is 2.40 bits per heavy atom. The molecular formula is C21H21NO3. The van der Waals surface area contributed by atoms with Gasteiger partial charge in [0.2, 0.25) is 0 Å². The van der Waals surface area contributed by atoms with Gasteiger partial charge in [0.1, 0.15) is 0 Å². The first-order valence-electron chi connectivity index (χ1n) is 8.48. The predicted molar refractivity (Wildman–Crippen MR) is 99.0 cm³/mol. The van der Waals surface area contributed by atoms with Crippen LogP contribution in [0.15, 0.2) is 72.3 Å². The maximum absolute atomic E-state index is 10.7. The van der Waals surface area contributed by atoms with Gasteiger partial charge in [-0.25, -0.2) is 0 Å². The van der Waals surface area contributed by atoms with Gasteiger partial charge in [-0.15, -0.1) is 0 Å². The number of nitro groups is 1. The van der Waals surface area contributed by atoms with Crippen molar-refractivity contribution in [3.05, 3.63) is 93.6 Å². The van der Waals surface area contributed by atoms with Crippen molar-refractivity contribution in [3.8, 4) is 0 Å². The molecule has 0 fully saturated rings. The maximum atomic E-state index is 10.7. The van der Waals surface area contributed by atoms with Crippen LogP contribution in [0.25, 0.3) is 5.57 Å². The van der Waals surface area contributed by atoms with Crippen LogP contribution in [0.2, 0.25) is 0 Å². The zero-order valence-corrected chi connectivity index (χ0v) is 14.0. The molecule has 2 aromatic rings. The SMILES string of the molecule is O=[N+]([O-])c1ccc(C(O)C/C=C2\CC=C(c3ccccc3)CC2)cc1. The number of nitro benzene ring substituents is 1. The summed E-state index contributed by atoms with van der Waals surface area (Å²) in [4.78, 5) is 10.2. The van der Waals surface area contributed by atoms with Crippen LogP contribution >= 0.6 is 0 Å². The minimum Gasteiger partial charge on any atom is -0.388 e. The van der Waals surface area contributed by atoms with Crippen LogP contribution in [0.3, 0.4) is 0 Å². The van der Waals surface area contributed by atoms with E-state index in [2.05, 4.69) is 36.4 Å². The lowest BCUT2D eigenvalue weighted by Gasteiger charge is -2.17. The molecule has 1 N–H and O–H groups in total. The number of allylic oxidation sites excluding steroid dienone is 3. The highest BCUT2D eigenvalue weighted by Gasteiger charge is 2.12. The lowest BCUT2D eigenvalue weighted by Crippen LogP contribution is -1.99. The largest absolute Gasteiger partial charge is 0.388 e. The van der Waals surface area contributed by atoms with Crippen molar-refractivity contribution in [2.24, 2.45) is 0 Å². The van der Waals surface area contributed by atoms with Gasteiger partial charge < -0.3 is 5.11 Å². The number of rotatable bonds is 5. The lowest BCUT2D eigenvalue weighted by molar-refractivity contribution is -0.384. The van der Waals surface area contributed by atoms with E-state index in [1.807, 2.05) is 6.07 Å². The molecule has 1 aliphatic rings. The van der Waals surface area contributed by atoms with Crippen LogP contribution in [0, 0.1) is 10.1 Å². The van der Waals surface area contributed by atoms with E-state index in [1.165, 1.54) is 28.8 Å².